The van der Waals surface area contributed by atoms with Crippen LogP contribution in [0.5, 0.6) is 0 Å². The molecule has 4 rings (SSSR count). The average molecular weight is 371 g/mol. The van der Waals surface area contributed by atoms with Gasteiger partial charge in [-0.2, -0.15) is 5.26 Å². The molecule has 2 atom stereocenters. The van der Waals surface area contributed by atoms with Crippen molar-refractivity contribution in [2.75, 3.05) is 0 Å². The van der Waals surface area contributed by atoms with Crippen LogP contribution in [0.25, 0.3) is 0 Å². The summed E-state index contributed by atoms with van der Waals surface area (Å²) in [6.45, 7) is 0.208. The summed E-state index contributed by atoms with van der Waals surface area (Å²) >= 11 is 6.64. The minimum atomic E-state index is -1.20. The summed E-state index contributed by atoms with van der Waals surface area (Å²) in [7, 11) is 0. The Labute approximate surface area is 156 Å². The number of nitrogens with zero attached hydrogens (tertiary/aromatic N) is 4. The van der Waals surface area contributed by atoms with Crippen molar-refractivity contribution >= 4 is 17.3 Å². The fraction of sp³-hybridized carbons (Fsp3) is 0.421. The lowest BCUT2D eigenvalue weighted by atomic mass is 9.88. The standard InChI is InChI=1S/C19H19ClN4O2/c20-18(6-7-18)19(25,12-24-13-22-11-15(24)10-21)9-16-8-17(23-26-16)14-4-2-1-3-5-14/h1-5,11,13,16,25H,6-9,12H2. The minimum Gasteiger partial charge on any atom is -0.392 e. The molecule has 0 radical (unpaired) electrons. The summed E-state index contributed by atoms with van der Waals surface area (Å²) in [5.74, 6) is 0. The van der Waals surface area contributed by atoms with E-state index in [9.17, 15) is 10.4 Å². The maximum absolute atomic E-state index is 11.4. The minimum absolute atomic E-state index is 0.208. The first kappa shape index (κ1) is 17.1. The zero-order chi connectivity index (χ0) is 18.2. The molecule has 0 saturated heterocycles. The highest BCUT2D eigenvalue weighted by Crippen LogP contribution is 2.54. The molecule has 2 unspecified atom stereocenters. The monoisotopic (exact) mass is 370 g/mol. The normalized spacial score (nSPS) is 22.8. The number of imidazole rings is 1. The molecule has 7 heteroatoms. The van der Waals surface area contributed by atoms with Crippen molar-refractivity contribution in [1.29, 1.82) is 5.26 Å². The van der Waals surface area contributed by atoms with Gasteiger partial charge in [-0.1, -0.05) is 35.5 Å². The molecule has 1 saturated carbocycles. The first-order valence-electron chi connectivity index (χ1n) is 8.63. The van der Waals surface area contributed by atoms with Crippen LogP contribution < -0.4 is 0 Å². The number of hydrogen-bond donors (Lipinski definition) is 1. The highest BCUT2D eigenvalue weighted by atomic mass is 35.5. The third-order valence-corrected chi connectivity index (χ3v) is 5.92. The second-order valence-electron chi connectivity index (χ2n) is 7.06. The van der Waals surface area contributed by atoms with E-state index in [0.717, 1.165) is 24.1 Å². The van der Waals surface area contributed by atoms with Crippen LogP contribution in [0.1, 0.15) is 36.9 Å². The molecule has 1 aromatic heterocycles. The molecule has 0 spiro atoms. The molecular formula is C19H19ClN4O2. The average Bonchev–Trinajstić information content (AvgIpc) is 3.07. The third-order valence-electron chi connectivity index (χ3n) is 5.19. The van der Waals surface area contributed by atoms with E-state index >= 15 is 0 Å². The summed E-state index contributed by atoms with van der Waals surface area (Å²) < 4.78 is 1.65. The van der Waals surface area contributed by atoms with Gasteiger partial charge < -0.3 is 14.5 Å². The molecule has 2 aliphatic rings. The van der Waals surface area contributed by atoms with E-state index in [2.05, 4.69) is 16.2 Å². The van der Waals surface area contributed by atoms with Crippen molar-refractivity contribution in [1.82, 2.24) is 9.55 Å². The first-order valence-corrected chi connectivity index (χ1v) is 9.00. The number of rotatable bonds is 6. The van der Waals surface area contributed by atoms with Gasteiger partial charge in [-0.25, -0.2) is 4.98 Å². The Balaban J connectivity index is 1.50. The predicted octanol–water partition coefficient (Wildman–Crippen LogP) is 2.84. The van der Waals surface area contributed by atoms with Gasteiger partial charge in [-0.05, 0) is 18.4 Å². The summed E-state index contributed by atoms with van der Waals surface area (Å²) in [4.78, 5) is 8.90. The smallest absolute Gasteiger partial charge is 0.139 e. The fourth-order valence-electron chi connectivity index (χ4n) is 3.50. The fourth-order valence-corrected chi connectivity index (χ4v) is 3.73. The largest absolute Gasteiger partial charge is 0.392 e. The molecule has 1 aliphatic heterocycles. The number of aliphatic hydroxyl groups is 1. The Morgan fingerprint density at radius 2 is 2.15 bits per heavy atom. The quantitative estimate of drug-likeness (QED) is 0.792. The molecule has 1 aliphatic carbocycles. The van der Waals surface area contributed by atoms with Crippen LogP contribution in [0.3, 0.4) is 0 Å². The molecule has 2 aromatic rings. The molecule has 1 fully saturated rings. The zero-order valence-electron chi connectivity index (χ0n) is 14.2. The molecule has 26 heavy (non-hydrogen) atoms. The van der Waals surface area contributed by atoms with Crippen molar-refractivity contribution < 1.29 is 9.94 Å². The Kier molecular flexibility index (Phi) is 4.22. The lowest BCUT2D eigenvalue weighted by Crippen LogP contribution is -2.47. The molecule has 0 bridgehead atoms. The summed E-state index contributed by atoms with van der Waals surface area (Å²) in [6.07, 6.45) is 5.22. The SMILES string of the molecule is N#Cc1cncn1CC(O)(CC1CC(c2ccccc2)=NO1)C1(Cl)CC1. The van der Waals surface area contributed by atoms with E-state index in [1.54, 1.807) is 10.9 Å². The molecule has 0 amide bonds. The molecule has 1 N–H and O–H groups in total. The van der Waals surface area contributed by atoms with Crippen molar-refractivity contribution in [2.24, 2.45) is 5.16 Å². The van der Waals surface area contributed by atoms with Gasteiger partial charge in [0.2, 0.25) is 0 Å². The third kappa shape index (κ3) is 3.09. The Bertz CT molecular complexity index is 869. The van der Waals surface area contributed by atoms with Crippen LogP contribution in [-0.2, 0) is 11.4 Å². The topological polar surface area (TPSA) is 83.4 Å². The lowest BCUT2D eigenvalue weighted by Gasteiger charge is -2.35. The van der Waals surface area contributed by atoms with Crippen LogP contribution in [0, 0.1) is 11.3 Å². The second-order valence-corrected chi connectivity index (χ2v) is 7.78. The second kappa shape index (κ2) is 6.42. The summed E-state index contributed by atoms with van der Waals surface area (Å²) in [6, 6.07) is 11.9. The van der Waals surface area contributed by atoms with Crippen LogP contribution in [0.15, 0.2) is 48.0 Å². The van der Waals surface area contributed by atoms with Gasteiger partial charge in [0.1, 0.15) is 23.5 Å². The number of hydrogen-bond acceptors (Lipinski definition) is 5. The predicted molar refractivity (Wildman–Crippen MR) is 96.8 cm³/mol. The number of nitriles is 1. The molecule has 1 aromatic carbocycles. The molecule has 6 nitrogen and oxygen atoms in total. The maximum Gasteiger partial charge on any atom is 0.139 e. The maximum atomic E-state index is 11.4. The van der Waals surface area contributed by atoms with Gasteiger partial charge >= 0.3 is 0 Å². The number of halogens is 1. The highest BCUT2D eigenvalue weighted by Gasteiger charge is 2.59. The van der Waals surface area contributed by atoms with Crippen molar-refractivity contribution in [3.05, 3.63) is 54.1 Å². The zero-order valence-corrected chi connectivity index (χ0v) is 14.9. The van der Waals surface area contributed by atoms with E-state index in [1.807, 2.05) is 30.3 Å². The first-order chi connectivity index (χ1) is 12.5. The van der Waals surface area contributed by atoms with E-state index in [-0.39, 0.29) is 12.6 Å². The van der Waals surface area contributed by atoms with E-state index in [4.69, 9.17) is 16.4 Å². The van der Waals surface area contributed by atoms with Gasteiger partial charge in [0.25, 0.3) is 0 Å². The van der Waals surface area contributed by atoms with E-state index in [0.29, 0.717) is 18.5 Å². The van der Waals surface area contributed by atoms with Gasteiger partial charge in [0.15, 0.2) is 0 Å². The number of oxime groups is 1. The van der Waals surface area contributed by atoms with Gasteiger partial charge in [-0.15, -0.1) is 11.6 Å². The number of benzene rings is 1. The van der Waals surface area contributed by atoms with Crippen molar-refractivity contribution in [3.8, 4) is 6.07 Å². The Hall–Kier alpha value is -2.36. The number of alkyl halides is 1. The van der Waals surface area contributed by atoms with Crippen LogP contribution in [-0.4, -0.2) is 36.9 Å². The molecule has 2 heterocycles. The van der Waals surface area contributed by atoms with Crippen molar-refractivity contribution in [2.45, 2.75) is 48.8 Å². The van der Waals surface area contributed by atoms with Crippen LogP contribution >= 0.6 is 11.6 Å². The summed E-state index contributed by atoms with van der Waals surface area (Å²) in [5, 5.41) is 24.8. The van der Waals surface area contributed by atoms with E-state index in [1.165, 1.54) is 6.20 Å². The lowest BCUT2D eigenvalue weighted by molar-refractivity contribution is -0.0462. The Morgan fingerprint density at radius 1 is 1.38 bits per heavy atom. The van der Waals surface area contributed by atoms with Crippen LogP contribution in [0.4, 0.5) is 0 Å². The summed E-state index contributed by atoms with van der Waals surface area (Å²) in [5.41, 5.74) is 1.09. The van der Waals surface area contributed by atoms with Gasteiger partial charge in [0.05, 0.1) is 29.7 Å². The van der Waals surface area contributed by atoms with Crippen LogP contribution in [0.2, 0.25) is 0 Å². The van der Waals surface area contributed by atoms with Gasteiger partial charge in [0, 0.05) is 12.8 Å². The molecule has 134 valence electrons. The van der Waals surface area contributed by atoms with E-state index < -0.39 is 10.5 Å². The molecular weight excluding hydrogens is 352 g/mol. The van der Waals surface area contributed by atoms with Gasteiger partial charge in [-0.3, -0.25) is 0 Å². The number of aromatic nitrogens is 2. The van der Waals surface area contributed by atoms with Crippen molar-refractivity contribution in [3.63, 3.8) is 0 Å². The Morgan fingerprint density at radius 3 is 2.85 bits per heavy atom. The highest BCUT2D eigenvalue weighted by molar-refractivity contribution is 6.26.